The summed E-state index contributed by atoms with van der Waals surface area (Å²) in [5, 5.41) is 0. The predicted molar refractivity (Wildman–Crippen MR) is 84.0 cm³/mol. The van der Waals surface area contributed by atoms with Crippen molar-refractivity contribution in [1.29, 1.82) is 0 Å². The molecule has 0 saturated heterocycles. The first-order valence-corrected chi connectivity index (χ1v) is 7.12. The standard InChI is InChI=1S/C17H20N2O3/c18-11-15(13-7-3-1-4-8-13)21-17(20)22-16(12-19)14-9-5-2-6-10-14/h1-10,15-16H,11-12,18-19H2. The molecule has 0 amide bonds. The van der Waals surface area contributed by atoms with E-state index in [-0.39, 0.29) is 13.1 Å². The number of carbonyl (C=O) groups excluding carboxylic acids is 1. The van der Waals surface area contributed by atoms with E-state index in [2.05, 4.69) is 0 Å². The van der Waals surface area contributed by atoms with Crippen molar-refractivity contribution in [2.75, 3.05) is 13.1 Å². The van der Waals surface area contributed by atoms with E-state index >= 15 is 0 Å². The Balaban J connectivity index is 1.99. The van der Waals surface area contributed by atoms with Gasteiger partial charge in [-0.05, 0) is 11.1 Å². The number of benzene rings is 2. The molecule has 22 heavy (non-hydrogen) atoms. The van der Waals surface area contributed by atoms with Gasteiger partial charge in [0.1, 0.15) is 12.2 Å². The fourth-order valence-electron chi connectivity index (χ4n) is 2.10. The highest BCUT2D eigenvalue weighted by atomic mass is 16.7. The Morgan fingerprint density at radius 1 is 0.773 bits per heavy atom. The van der Waals surface area contributed by atoms with E-state index in [4.69, 9.17) is 20.9 Å². The van der Waals surface area contributed by atoms with Gasteiger partial charge in [0.25, 0.3) is 0 Å². The van der Waals surface area contributed by atoms with Crippen LogP contribution < -0.4 is 11.5 Å². The Labute approximate surface area is 129 Å². The van der Waals surface area contributed by atoms with Crippen molar-refractivity contribution in [3.05, 3.63) is 71.8 Å². The van der Waals surface area contributed by atoms with Crippen molar-refractivity contribution in [1.82, 2.24) is 0 Å². The molecule has 2 aromatic rings. The van der Waals surface area contributed by atoms with Crippen molar-refractivity contribution in [3.8, 4) is 0 Å². The number of hydrogen-bond donors (Lipinski definition) is 2. The molecule has 5 nitrogen and oxygen atoms in total. The molecule has 0 aromatic heterocycles. The van der Waals surface area contributed by atoms with Crippen molar-refractivity contribution in [2.24, 2.45) is 11.5 Å². The van der Waals surface area contributed by atoms with E-state index in [1.54, 1.807) is 0 Å². The average Bonchev–Trinajstić information content (AvgIpc) is 2.59. The lowest BCUT2D eigenvalue weighted by atomic mass is 10.1. The van der Waals surface area contributed by atoms with Gasteiger partial charge in [0.2, 0.25) is 0 Å². The summed E-state index contributed by atoms with van der Waals surface area (Å²) in [5.74, 6) is 0. The second kappa shape index (κ2) is 8.17. The van der Waals surface area contributed by atoms with Gasteiger partial charge in [-0.1, -0.05) is 60.7 Å². The quantitative estimate of drug-likeness (QED) is 0.800. The molecule has 116 valence electrons. The molecule has 0 heterocycles. The van der Waals surface area contributed by atoms with Crippen LogP contribution in [0.15, 0.2) is 60.7 Å². The molecule has 2 aromatic carbocycles. The van der Waals surface area contributed by atoms with Crippen LogP contribution in [0.3, 0.4) is 0 Å². The summed E-state index contributed by atoms with van der Waals surface area (Å²) in [6.07, 6.45) is -1.86. The van der Waals surface area contributed by atoms with Gasteiger partial charge < -0.3 is 20.9 Å². The lowest BCUT2D eigenvalue weighted by Crippen LogP contribution is -2.24. The van der Waals surface area contributed by atoms with Crippen molar-refractivity contribution < 1.29 is 14.3 Å². The molecule has 5 heteroatoms. The zero-order valence-corrected chi connectivity index (χ0v) is 12.2. The van der Waals surface area contributed by atoms with Crippen molar-refractivity contribution in [2.45, 2.75) is 12.2 Å². The third kappa shape index (κ3) is 4.31. The molecular formula is C17H20N2O3. The Kier molecular flexibility index (Phi) is 5.94. The van der Waals surface area contributed by atoms with Crippen molar-refractivity contribution >= 4 is 6.16 Å². The Hall–Kier alpha value is -2.37. The first kappa shape index (κ1) is 16.0. The topological polar surface area (TPSA) is 87.6 Å². The van der Waals surface area contributed by atoms with Crippen LogP contribution in [0.2, 0.25) is 0 Å². The first-order valence-electron chi connectivity index (χ1n) is 7.12. The van der Waals surface area contributed by atoms with Crippen LogP contribution >= 0.6 is 0 Å². The summed E-state index contributed by atoms with van der Waals surface area (Å²) < 4.78 is 10.6. The SMILES string of the molecule is NCC(OC(=O)OC(CN)c1ccccc1)c1ccccc1. The highest BCUT2D eigenvalue weighted by molar-refractivity contribution is 5.61. The lowest BCUT2D eigenvalue weighted by molar-refractivity contribution is 0.00122. The highest BCUT2D eigenvalue weighted by Crippen LogP contribution is 2.20. The van der Waals surface area contributed by atoms with Crippen LogP contribution in [0.4, 0.5) is 4.79 Å². The summed E-state index contributed by atoms with van der Waals surface area (Å²) in [6, 6.07) is 18.6. The fourth-order valence-corrected chi connectivity index (χ4v) is 2.10. The minimum atomic E-state index is -0.779. The highest BCUT2D eigenvalue weighted by Gasteiger charge is 2.20. The summed E-state index contributed by atoms with van der Waals surface area (Å²) in [4.78, 5) is 12.0. The van der Waals surface area contributed by atoms with Crippen molar-refractivity contribution in [3.63, 3.8) is 0 Å². The fraction of sp³-hybridized carbons (Fsp3) is 0.235. The van der Waals surface area contributed by atoms with Gasteiger partial charge in [-0.2, -0.15) is 0 Å². The summed E-state index contributed by atoms with van der Waals surface area (Å²) >= 11 is 0. The van der Waals surface area contributed by atoms with Gasteiger partial charge in [-0.15, -0.1) is 0 Å². The second-order valence-electron chi connectivity index (χ2n) is 4.76. The van der Waals surface area contributed by atoms with E-state index in [0.29, 0.717) is 0 Å². The average molecular weight is 300 g/mol. The molecule has 0 aliphatic heterocycles. The maximum Gasteiger partial charge on any atom is 0.509 e. The van der Waals surface area contributed by atoms with Gasteiger partial charge in [-0.3, -0.25) is 0 Å². The molecule has 0 aliphatic rings. The molecule has 0 spiro atoms. The maximum atomic E-state index is 12.0. The van der Waals surface area contributed by atoms with E-state index in [9.17, 15) is 4.79 Å². The smallest absolute Gasteiger partial charge is 0.425 e. The lowest BCUT2D eigenvalue weighted by Gasteiger charge is -2.20. The largest absolute Gasteiger partial charge is 0.509 e. The molecule has 0 aliphatic carbocycles. The number of nitrogens with two attached hydrogens (primary N) is 2. The minimum Gasteiger partial charge on any atom is -0.425 e. The normalized spacial score (nSPS) is 13.2. The number of hydrogen-bond acceptors (Lipinski definition) is 5. The van der Waals surface area contributed by atoms with E-state index in [1.807, 2.05) is 60.7 Å². The summed E-state index contributed by atoms with van der Waals surface area (Å²) in [7, 11) is 0. The van der Waals surface area contributed by atoms with Gasteiger partial charge in [-0.25, -0.2) is 4.79 Å². The molecule has 2 unspecified atom stereocenters. The van der Waals surface area contributed by atoms with Crippen LogP contribution in [-0.4, -0.2) is 19.2 Å². The van der Waals surface area contributed by atoms with Gasteiger partial charge in [0, 0.05) is 13.1 Å². The Morgan fingerprint density at radius 2 is 1.14 bits per heavy atom. The van der Waals surface area contributed by atoms with Gasteiger partial charge in [0.15, 0.2) is 0 Å². The van der Waals surface area contributed by atoms with Crippen LogP contribution in [0.1, 0.15) is 23.3 Å². The maximum absolute atomic E-state index is 12.0. The van der Waals surface area contributed by atoms with Gasteiger partial charge in [0.05, 0.1) is 0 Å². The van der Waals surface area contributed by atoms with Crippen LogP contribution in [0.25, 0.3) is 0 Å². The number of rotatable bonds is 6. The van der Waals surface area contributed by atoms with Gasteiger partial charge >= 0.3 is 6.16 Å². The van der Waals surface area contributed by atoms with Crippen LogP contribution in [0.5, 0.6) is 0 Å². The number of carbonyl (C=O) groups is 1. The third-order valence-electron chi connectivity index (χ3n) is 3.25. The van der Waals surface area contributed by atoms with E-state index in [0.717, 1.165) is 11.1 Å². The van der Waals surface area contributed by atoms with Crippen LogP contribution in [0, 0.1) is 0 Å². The summed E-state index contributed by atoms with van der Waals surface area (Å²) in [6.45, 7) is 0.357. The zero-order chi connectivity index (χ0) is 15.8. The van der Waals surface area contributed by atoms with E-state index in [1.165, 1.54) is 0 Å². The number of ether oxygens (including phenoxy) is 2. The second-order valence-corrected chi connectivity index (χ2v) is 4.76. The zero-order valence-electron chi connectivity index (χ0n) is 12.2. The third-order valence-corrected chi connectivity index (χ3v) is 3.25. The monoisotopic (exact) mass is 300 g/mol. The Morgan fingerprint density at radius 3 is 1.45 bits per heavy atom. The van der Waals surface area contributed by atoms with E-state index < -0.39 is 18.4 Å². The molecule has 2 atom stereocenters. The predicted octanol–water partition coefficient (Wildman–Crippen LogP) is 2.54. The molecule has 2 rings (SSSR count). The van der Waals surface area contributed by atoms with Crippen LogP contribution in [-0.2, 0) is 9.47 Å². The molecule has 0 fully saturated rings. The molecule has 0 radical (unpaired) electrons. The molecule has 0 saturated carbocycles. The molecular weight excluding hydrogens is 280 g/mol. The first-order chi connectivity index (χ1) is 10.7. The minimum absolute atomic E-state index is 0.178. The molecule has 4 N–H and O–H groups in total. The summed E-state index contributed by atoms with van der Waals surface area (Å²) in [5.41, 5.74) is 13.0. The Bertz CT molecular complexity index is 523. The molecule has 0 bridgehead atoms.